The van der Waals surface area contributed by atoms with E-state index in [4.69, 9.17) is 0 Å². The SMILES string of the molecule is C[C@H](NC(=O)c1cc(C(F)(F)F)cc(S(=O)(=O)C(F)(F)F)c1)c1ncnn1-c1ccc(=O)n(C)n1. The molecule has 188 valence electrons. The summed E-state index contributed by atoms with van der Waals surface area (Å²) >= 11 is 0. The number of rotatable bonds is 5. The molecule has 1 N–H and O–H groups in total. The van der Waals surface area contributed by atoms with Gasteiger partial charge in [-0.05, 0) is 31.2 Å². The first-order valence-corrected chi connectivity index (χ1v) is 10.8. The van der Waals surface area contributed by atoms with Crippen molar-refractivity contribution in [3.8, 4) is 5.82 Å². The van der Waals surface area contributed by atoms with Crippen LogP contribution in [0.15, 0.2) is 46.3 Å². The molecule has 0 aliphatic heterocycles. The number of aromatic nitrogens is 5. The highest BCUT2D eigenvalue weighted by molar-refractivity contribution is 7.92. The summed E-state index contributed by atoms with van der Waals surface area (Å²) in [5.41, 5.74) is -9.08. The molecule has 3 rings (SSSR count). The second-order valence-electron chi connectivity index (χ2n) is 7.07. The molecule has 0 saturated carbocycles. The van der Waals surface area contributed by atoms with Gasteiger partial charge in [-0.3, -0.25) is 9.59 Å². The number of halogens is 6. The molecule has 3 aromatic rings. The van der Waals surface area contributed by atoms with Crippen molar-refractivity contribution >= 4 is 15.7 Å². The van der Waals surface area contributed by atoms with Crippen LogP contribution in [0.3, 0.4) is 0 Å². The summed E-state index contributed by atoms with van der Waals surface area (Å²) in [4.78, 5) is 26.3. The Labute approximate surface area is 192 Å². The van der Waals surface area contributed by atoms with Crippen LogP contribution in [-0.2, 0) is 23.1 Å². The first kappa shape index (κ1) is 25.9. The summed E-state index contributed by atoms with van der Waals surface area (Å²) in [6, 6.07) is 1.57. The average molecular weight is 524 g/mol. The van der Waals surface area contributed by atoms with Gasteiger partial charge >= 0.3 is 11.7 Å². The quantitative estimate of drug-likeness (QED) is 0.507. The molecule has 2 heterocycles. The van der Waals surface area contributed by atoms with Gasteiger partial charge in [0.15, 0.2) is 11.6 Å². The number of amides is 1. The maximum absolute atomic E-state index is 13.2. The number of benzene rings is 1. The predicted octanol–water partition coefficient (Wildman–Crippen LogP) is 2.16. The smallest absolute Gasteiger partial charge is 0.342 e. The Bertz CT molecular complexity index is 1440. The highest BCUT2D eigenvalue weighted by atomic mass is 32.2. The number of sulfone groups is 1. The van der Waals surface area contributed by atoms with Crippen molar-refractivity contribution in [1.82, 2.24) is 29.9 Å². The molecule has 0 aliphatic carbocycles. The summed E-state index contributed by atoms with van der Waals surface area (Å²) in [5, 5.41) is 10.1. The van der Waals surface area contributed by atoms with Crippen molar-refractivity contribution in [3.63, 3.8) is 0 Å². The zero-order chi connectivity index (χ0) is 26.3. The number of hydrogen-bond acceptors (Lipinski definition) is 7. The van der Waals surface area contributed by atoms with E-state index in [0.29, 0.717) is 0 Å². The van der Waals surface area contributed by atoms with E-state index < -0.39 is 55.1 Å². The third kappa shape index (κ3) is 5.18. The van der Waals surface area contributed by atoms with Crippen LogP contribution in [0.4, 0.5) is 26.3 Å². The van der Waals surface area contributed by atoms with Gasteiger partial charge in [0, 0.05) is 18.7 Å². The molecule has 0 aliphatic rings. The Kier molecular flexibility index (Phi) is 6.49. The highest BCUT2D eigenvalue weighted by Gasteiger charge is 2.48. The lowest BCUT2D eigenvalue weighted by Crippen LogP contribution is -2.30. The molecule has 0 unspecified atom stereocenters. The van der Waals surface area contributed by atoms with Gasteiger partial charge in [0.05, 0.1) is 16.5 Å². The molecule has 17 heteroatoms. The van der Waals surface area contributed by atoms with Crippen LogP contribution in [0.5, 0.6) is 0 Å². The number of nitrogens with zero attached hydrogens (tertiary/aromatic N) is 5. The lowest BCUT2D eigenvalue weighted by atomic mass is 10.1. The molecule has 0 bridgehead atoms. The minimum absolute atomic E-state index is 0.000360. The molecule has 0 radical (unpaired) electrons. The van der Waals surface area contributed by atoms with Gasteiger partial charge in [-0.2, -0.15) is 36.1 Å². The molecular formula is C18H14F6N6O4S. The van der Waals surface area contributed by atoms with E-state index in [0.717, 1.165) is 15.7 Å². The van der Waals surface area contributed by atoms with E-state index in [-0.39, 0.29) is 29.8 Å². The number of aryl methyl sites for hydroxylation is 1. The van der Waals surface area contributed by atoms with E-state index >= 15 is 0 Å². The van der Waals surface area contributed by atoms with E-state index in [1.807, 2.05) is 0 Å². The molecule has 1 amide bonds. The zero-order valence-electron chi connectivity index (χ0n) is 17.6. The van der Waals surface area contributed by atoms with Crippen molar-refractivity contribution in [2.75, 3.05) is 0 Å². The van der Waals surface area contributed by atoms with Gasteiger partial charge < -0.3 is 5.32 Å². The molecule has 0 spiro atoms. The average Bonchev–Trinajstić information content (AvgIpc) is 3.24. The second kappa shape index (κ2) is 8.79. The Hall–Kier alpha value is -3.76. The Balaban J connectivity index is 1.99. The normalized spacial score (nSPS) is 13.5. The summed E-state index contributed by atoms with van der Waals surface area (Å²) in [5.74, 6) is -1.22. The van der Waals surface area contributed by atoms with Crippen molar-refractivity contribution in [2.45, 2.75) is 29.5 Å². The van der Waals surface area contributed by atoms with E-state index in [1.165, 1.54) is 26.1 Å². The van der Waals surface area contributed by atoms with Crippen LogP contribution in [0.1, 0.15) is 34.7 Å². The van der Waals surface area contributed by atoms with Crippen molar-refractivity contribution < 1.29 is 39.6 Å². The van der Waals surface area contributed by atoms with Gasteiger partial charge in [-0.25, -0.2) is 18.1 Å². The molecule has 0 fully saturated rings. The van der Waals surface area contributed by atoms with Crippen LogP contribution >= 0.6 is 0 Å². The van der Waals surface area contributed by atoms with Crippen LogP contribution in [0.2, 0.25) is 0 Å². The van der Waals surface area contributed by atoms with E-state index in [9.17, 15) is 44.3 Å². The van der Waals surface area contributed by atoms with Gasteiger partial charge in [0.2, 0.25) is 0 Å². The Morgan fingerprint density at radius 2 is 1.74 bits per heavy atom. The van der Waals surface area contributed by atoms with Gasteiger partial charge in [0.1, 0.15) is 6.33 Å². The Morgan fingerprint density at radius 1 is 1.09 bits per heavy atom. The predicted molar refractivity (Wildman–Crippen MR) is 105 cm³/mol. The molecule has 35 heavy (non-hydrogen) atoms. The number of carbonyl (C=O) groups is 1. The van der Waals surface area contributed by atoms with Crippen LogP contribution < -0.4 is 10.9 Å². The fourth-order valence-corrected chi connectivity index (χ4v) is 3.68. The fraction of sp³-hybridized carbons (Fsp3) is 0.278. The van der Waals surface area contributed by atoms with Crippen LogP contribution in [-0.4, -0.2) is 44.4 Å². The van der Waals surface area contributed by atoms with E-state index in [1.54, 1.807) is 0 Å². The number of nitrogens with one attached hydrogen (secondary N) is 1. The van der Waals surface area contributed by atoms with E-state index in [2.05, 4.69) is 20.5 Å². The highest BCUT2D eigenvalue weighted by Crippen LogP contribution is 2.36. The first-order chi connectivity index (χ1) is 16.0. The lowest BCUT2D eigenvalue weighted by Gasteiger charge is -2.17. The third-order valence-electron chi connectivity index (χ3n) is 4.58. The summed E-state index contributed by atoms with van der Waals surface area (Å²) in [6.45, 7) is 1.33. The van der Waals surface area contributed by atoms with Gasteiger partial charge in [-0.15, -0.1) is 5.10 Å². The third-order valence-corrected chi connectivity index (χ3v) is 6.05. The zero-order valence-corrected chi connectivity index (χ0v) is 18.4. The molecular weight excluding hydrogens is 510 g/mol. The van der Waals surface area contributed by atoms with Gasteiger partial charge in [-0.1, -0.05) is 0 Å². The number of alkyl halides is 6. The minimum Gasteiger partial charge on any atom is -0.342 e. The molecule has 0 saturated heterocycles. The number of carbonyl (C=O) groups excluding carboxylic acids is 1. The summed E-state index contributed by atoms with van der Waals surface area (Å²) < 4.78 is 104. The lowest BCUT2D eigenvalue weighted by molar-refractivity contribution is -0.137. The van der Waals surface area contributed by atoms with Crippen molar-refractivity contribution in [3.05, 3.63) is 64.0 Å². The molecule has 10 nitrogen and oxygen atoms in total. The van der Waals surface area contributed by atoms with Crippen LogP contribution in [0, 0.1) is 0 Å². The topological polar surface area (TPSA) is 129 Å². The second-order valence-corrected chi connectivity index (χ2v) is 9.01. The molecule has 1 aromatic carbocycles. The van der Waals surface area contributed by atoms with Crippen LogP contribution in [0.25, 0.3) is 5.82 Å². The maximum atomic E-state index is 13.2. The maximum Gasteiger partial charge on any atom is 0.501 e. The van der Waals surface area contributed by atoms with Crippen molar-refractivity contribution in [1.29, 1.82) is 0 Å². The minimum atomic E-state index is -6.18. The largest absolute Gasteiger partial charge is 0.501 e. The first-order valence-electron chi connectivity index (χ1n) is 9.31. The monoisotopic (exact) mass is 524 g/mol. The summed E-state index contributed by atoms with van der Waals surface area (Å²) in [6.07, 6.45) is -4.18. The number of hydrogen-bond donors (Lipinski definition) is 1. The Morgan fingerprint density at radius 3 is 2.31 bits per heavy atom. The van der Waals surface area contributed by atoms with Crippen molar-refractivity contribution in [2.24, 2.45) is 7.05 Å². The standard InChI is InChI=1S/C18H14F6N6O4S/c1-9(15-25-8-26-30(15)13-3-4-14(31)29(2)28-13)27-16(32)10-5-11(17(19,20)21)7-12(6-10)35(33,34)18(22,23)24/h3-9H,1-2H3,(H,27,32)/t9-/m0/s1. The molecule has 2 aromatic heterocycles. The molecule has 1 atom stereocenters. The van der Waals surface area contributed by atoms with Gasteiger partial charge in [0.25, 0.3) is 21.3 Å². The summed E-state index contributed by atoms with van der Waals surface area (Å²) in [7, 11) is -4.82. The fourth-order valence-electron chi connectivity index (χ4n) is 2.85.